The first-order valence-electron chi connectivity index (χ1n) is 6.13. The van der Waals surface area contributed by atoms with Crippen LogP contribution in [0.2, 0.25) is 0 Å². The van der Waals surface area contributed by atoms with Gasteiger partial charge in [0, 0.05) is 6.54 Å². The third kappa shape index (κ3) is 5.19. The monoisotopic (exact) mass is 251 g/mol. The first-order chi connectivity index (χ1) is 8.49. The summed E-state index contributed by atoms with van der Waals surface area (Å²) >= 11 is 0. The minimum atomic E-state index is -0.520. The van der Waals surface area contributed by atoms with Crippen LogP contribution in [0.15, 0.2) is 24.3 Å². The van der Waals surface area contributed by atoms with E-state index in [4.69, 9.17) is 4.74 Å². The van der Waals surface area contributed by atoms with E-state index in [2.05, 4.69) is 5.32 Å². The summed E-state index contributed by atoms with van der Waals surface area (Å²) in [6.45, 7) is 5.99. The van der Waals surface area contributed by atoms with Crippen LogP contribution in [0.25, 0.3) is 0 Å². The number of benzene rings is 1. The molecule has 0 aliphatic rings. The first-order valence-corrected chi connectivity index (χ1v) is 6.13. The maximum atomic E-state index is 11.5. The Labute approximate surface area is 108 Å². The van der Waals surface area contributed by atoms with Crippen molar-refractivity contribution in [2.75, 3.05) is 13.2 Å². The average molecular weight is 251 g/mol. The van der Waals surface area contributed by atoms with Crippen LogP contribution in [0.3, 0.4) is 0 Å². The van der Waals surface area contributed by atoms with Gasteiger partial charge in [-0.05, 0) is 30.5 Å². The number of nitrogens with one attached hydrogen (secondary N) is 1. The average Bonchev–Trinajstić information content (AvgIpc) is 2.33. The SMILES string of the molecule is Cc1cccc(OCC(=O)NCC(O)C(C)C)c1. The lowest BCUT2D eigenvalue weighted by atomic mass is 10.1. The van der Waals surface area contributed by atoms with Crippen molar-refractivity contribution in [2.45, 2.75) is 26.9 Å². The molecule has 18 heavy (non-hydrogen) atoms. The Morgan fingerprint density at radius 2 is 2.17 bits per heavy atom. The van der Waals surface area contributed by atoms with Crippen molar-refractivity contribution in [1.82, 2.24) is 5.32 Å². The molecule has 1 rings (SSSR count). The lowest BCUT2D eigenvalue weighted by molar-refractivity contribution is -0.123. The molecule has 0 aliphatic carbocycles. The third-order valence-corrected chi connectivity index (χ3v) is 2.64. The molecule has 4 nitrogen and oxygen atoms in total. The Morgan fingerprint density at radius 1 is 1.44 bits per heavy atom. The fourth-order valence-corrected chi connectivity index (χ4v) is 1.36. The Kier molecular flexibility index (Phi) is 5.65. The van der Waals surface area contributed by atoms with Crippen molar-refractivity contribution in [1.29, 1.82) is 0 Å². The molecule has 0 bridgehead atoms. The van der Waals surface area contributed by atoms with Gasteiger partial charge >= 0.3 is 0 Å². The molecule has 1 amide bonds. The molecule has 100 valence electrons. The van der Waals surface area contributed by atoms with Crippen LogP contribution in [0.5, 0.6) is 5.75 Å². The summed E-state index contributed by atoms with van der Waals surface area (Å²) < 4.78 is 5.35. The van der Waals surface area contributed by atoms with Gasteiger partial charge in [0.1, 0.15) is 5.75 Å². The van der Waals surface area contributed by atoms with Gasteiger partial charge in [0.25, 0.3) is 5.91 Å². The Morgan fingerprint density at radius 3 is 2.78 bits per heavy atom. The molecular weight excluding hydrogens is 230 g/mol. The van der Waals surface area contributed by atoms with Crippen molar-refractivity contribution < 1.29 is 14.6 Å². The smallest absolute Gasteiger partial charge is 0.258 e. The van der Waals surface area contributed by atoms with Crippen molar-refractivity contribution in [3.63, 3.8) is 0 Å². The van der Waals surface area contributed by atoms with Crippen molar-refractivity contribution in [2.24, 2.45) is 5.92 Å². The molecule has 0 spiro atoms. The van der Waals surface area contributed by atoms with Gasteiger partial charge in [-0.25, -0.2) is 0 Å². The van der Waals surface area contributed by atoms with E-state index in [-0.39, 0.29) is 25.0 Å². The fraction of sp³-hybridized carbons (Fsp3) is 0.500. The second-order valence-electron chi connectivity index (χ2n) is 4.72. The standard InChI is InChI=1S/C14H21NO3/c1-10(2)13(16)8-15-14(17)9-18-12-6-4-5-11(3)7-12/h4-7,10,13,16H,8-9H2,1-3H3,(H,15,17). The highest BCUT2D eigenvalue weighted by molar-refractivity contribution is 5.77. The van der Waals surface area contributed by atoms with Crippen LogP contribution in [0.1, 0.15) is 19.4 Å². The summed E-state index contributed by atoms with van der Waals surface area (Å²) in [7, 11) is 0. The van der Waals surface area contributed by atoms with Crippen molar-refractivity contribution >= 4 is 5.91 Å². The molecule has 1 unspecified atom stereocenters. The lowest BCUT2D eigenvalue weighted by Gasteiger charge is -2.15. The molecule has 0 fully saturated rings. The highest BCUT2D eigenvalue weighted by Gasteiger charge is 2.10. The third-order valence-electron chi connectivity index (χ3n) is 2.64. The van der Waals surface area contributed by atoms with Gasteiger partial charge in [0.15, 0.2) is 6.61 Å². The minimum Gasteiger partial charge on any atom is -0.484 e. The number of hydrogen-bond acceptors (Lipinski definition) is 3. The number of ether oxygens (including phenoxy) is 1. The van der Waals surface area contributed by atoms with Crippen molar-refractivity contribution in [3.05, 3.63) is 29.8 Å². The van der Waals surface area contributed by atoms with E-state index in [1.54, 1.807) is 0 Å². The molecule has 0 saturated heterocycles. The summed E-state index contributed by atoms with van der Waals surface area (Å²) in [5, 5.41) is 12.2. The van der Waals surface area contributed by atoms with E-state index in [0.29, 0.717) is 5.75 Å². The van der Waals surface area contributed by atoms with Gasteiger partial charge in [-0.3, -0.25) is 4.79 Å². The number of carbonyl (C=O) groups is 1. The molecule has 0 saturated carbocycles. The molecule has 1 aromatic rings. The normalized spacial score (nSPS) is 12.3. The number of aryl methyl sites for hydroxylation is 1. The zero-order valence-electron chi connectivity index (χ0n) is 11.1. The number of hydrogen-bond donors (Lipinski definition) is 2. The Bertz CT molecular complexity index is 390. The van der Waals surface area contributed by atoms with Crippen LogP contribution in [0, 0.1) is 12.8 Å². The highest BCUT2D eigenvalue weighted by atomic mass is 16.5. The first kappa shape index (κ1) is 14.5. The number of amides is 1. The predicted molar refractivity (Wildman–Crippen MR) is 70.5 cm³/mol. The molecule has 1 aromatic carbocycles. The summed E-state index contributed by atoms with van der Waals surface area (Å²) in [6, 6.07) is 7.52. The van der Waals surface area contributed by atoms with Crippen molar-refractivity contribution in [3.8, 4) is 5.75 Å². The molecule has 0 radical (unpaired) electrons. The molecule has 4 heteroatoms. The van der Waals surface area contributed by atoms with Crippen LogP contribution >= 0.6 is 0 Å². The van der Waals surface area contributed by atoms with E-state index >= 15 is 0 Å². The second-order valence-corrected chi connectivity index (χ2v) is 4.72. The number of rotatable bonds is 6. The molecular formula is C14H21NO3. The van der Waals surface area contributed by atoms with Crippen LogP contribution in [-0.4, -0.2) is 30.3 Å². The molecule has 0 heterocycles. The van der Waals surface area contributed by atoms with Gasteiger partial charge in [0.2, 0.25) is 0 Å². The van der Waals surface area contributed by atoms with E-state index in [1.807, 2.05) is 45.0 Å². The summed E-state index contributed by atoms with van der Waals surface area (Å²) in [6.07, 6.45) is -0.520. The minimum absolute atomic E-state index is 0.0335. The fourth-order valence-electron chi connectivity index (χ4n) is 1.36. The lowest BCUT2D eigenvalue weighted by Crippen LogP contribution is -2.37. The summed E-state index contributed by atoms with van der Waals surface area (Å²) in [5.74, 6) is 0.578. The van der Waals surface area contributed by atoms with E-state index < -0.39 is 6.10 Å². The predicted octanol–water partition coefficient (Wildman–Crippen LogP) is 1.51. The van der Waals surface area contributed by atoms with Gasteiger partial charge < -0.3 is 15.2 Å². The summed E-state index contributed by atoms with van der Waals surface area (Å²) in [4.78, 5) is 11.5. The molecule has 1 atom stereocenters. The topological polar surface area (TPSA) is 58.6 Å². The number of aliphatic hydroxyl groups is 1. The molecule has 0 aromatic heterocycles. The van der Waals surface area contributed by atoms with E-state index in [9.17, 15) is 9.90 Å². The highest BCUT2D eigenvalue weighted by Crippen LogP contribution is 2.11. The maximum absolute atomic E-state index is 11.5. The quantitative estimate of drug-likeness (QED) is 0.805. The number of aliphatic hydroxyl groups excluding tert-OH is 1. The van der Waals surface area contributed by atoms with Gasteiger partial charge in [-0.1, -0.05) is 26.0 Å². The van der Waals surface area contributed by atoms with Crippen LogP contribution < -0.4 is 10.1 Å². The maximum Gasteiger partial charge on any atom is 0.258 e. The molecule has 2 N–H and O–H groups in total. The van der Waals surface area contributed by atoms with E-state index in [0.717, 1.165) is 5.56 Å². The van der Waals surface area contributed by atoms with Gasteiger partial charge in [0.05, 0.1) is 6.10 Å². The Balaban J connectivity index is 2.29. The largest absolute Gasteiger partial charge is 0.484 e. The summed E-state index contributed by atoms with van der Waals surface area (Å²) in [5.41, 5.74) is 1.09. The zero-order chi connectivity index (χ0) is 13.5. The zero-order valence-corrected chi connectivity index (χ0v) is 11.1. The number of carbonyl (C=O) groups excluding carboxylic acids is 1. The van der Waals surface area contributed by atoms with Gasteiger partial charge in [-0.15, -0.1) is 0 Å². The van der Waals surface area contributed by atoms with E-state index in [1.165, 1.54) is 0 Å². The molecule has 0 aliphatic heterocycles. The second kappa shape index (κ2) is 7.01. The Hall–Kier alpha value is -1.55. The van der Waals surface area contributed by atoms with Gasteiger partial charge in [-0.2, -0.15) is 0 Å². The van der Waals surface area contributed by atoms with Crippen LogP contribution in [0.4, 0.5) is 0 Å². The van der Waals surface area contributed by atoms with Crippen LogP contribution in [-0.2, 0) is 4.79 Å².